The number of amides is 1. The molecule has 1 amide bonds. The molecule has 0 bridgehead atoms. The molecule has 2 fully saturated rings. The molecule has 1 aromatic rings. The predicted octanol–water partition coefficient (Wildman–Crippen LogP) is -4.03. The van der Waals surface area contributed by atoms with Crippen molar-refractivity contribution in [2.45, 2.75) is 49.2 Å². The maximum absolute atomic E-state index is 12.1. The topological polar surface area (TPSA) is 154 Å². The maximum Gasteiger partial charge on any atom is 0.292 e. The summed E-state index contributed by atoms with van der Waals surface area (Å²) in [6.45, 7) is -2.80. The van der Waals surface area contributed by atoms with Crippen molar-refractivity contribution in [3.63, 3.8) is 0 Å². The SMILES string of the molecule is [2H]C([2H])([2H])N1C(=O)[C@H](O)C[C@H]1c1ccc[n+]([C@H]2O[C@@H](C(=O)[O-])[C@H](O)[C@@H](O)[C@@H]2O)c1. The van der Waals surface area contributed by atoms with Crippen LogP contribution >= 0.6 is 0 Å². The van der Waals surface area contributed by atoms with Crippen molar-refractivity contribution in [1.82, 2.24) is 4.90 Å². The number of pyridine rings is 1. The van der Waals surface area contributed by atoms with Crippen molar-refractivity contribution in [3.8, 4) is 0 Å². The summed E-state index contributed by atoms with van der Waals surface area (Å²) < 4.78 is 29.0. The Balaban J connectivity index is 1.95. The number of ether oxygens (including phenoxy) is 1. The number of carboxylic acid groups (broad SMARTS) is 1. The summed E-state index contributed by atoms with van der Waals surface area (Å²) in [5.41, 5.74) is 0.273. The van der Waals surface area contributed by atoms with Gasteiger partial charge in [0.2, 0.25) is 0 Å². The third-order valence-electron chi connectivity index (χ3n) is 4.62. The highest BCUT2D eigenvalue weighted by molar-refractivity contribution is 5.83. The molecule has 0 unspecified atom stereocenters. The predicted molar refractivity (Wildman–Crippen MR) is 79.7 cm³/mol. The van der Waals surface area contributed by atoms with Gasteiger partial charge in [-0.15, -0.1) is 0 Å². The first-order valence-electron chi connectivity index (χ1n) is 9.36. The summed E-state index contributed by atoms with van der Waals surface area (Å²) in [6.07, 6.45) is -7.84. The van der Waals surface area contributed by atoms with Crippen molar-refractivity contribution >= 4 is 11.9 Å². The normalized spacial score (nSPS) is 40.0. The molecule has 26 heavy (non-hydrogen) atoms. The minimum atomic E-state index is -2.80. The second-order valence-corrected chi connectivity index (χ2v) is 6.30. The fraction of sp³-hybridized carbons (Fsp3) is 0.562. The summed E-state index contributed by atoms with van der Waals surface area (Å²) in [7, 11) is 0. The molecule has 0 saturated carbocycles. The number of hydrogen-bond donors (Lipinski definition) is 4. The number of rotatable bonds is 3. The van der Waals surface area contributed by atoms with Gasteiger partial charge in [-0.25, -0.2) is 0 Å². The second-order valence-electron chi connectivity index (χ2n) is 6.30. The van der Waals surface area contributed by atoms with E-state index in [1.807, 2.05) is 0 Å². The van der Waals surface area contributed by atoms with Gasteiger partial charge in [0.25, 0.3) is 12.1 Å². The third-order valence-corrected chi connectivity index (χ3v) is 4.62. The number of likely N-dealkylation sites (tertiary alicyclic amines) is 1. The van der Waals surface area contributed by atoms with Crippen LogP contribution in [0.4, 0.5) is 0 Å². The summed E-state index contributed by atoms with van der Waals surface area (Å²) in [5, 5.41) is 50.9. The molecule has 0 aromatic carbocycles. The molecule has 3 rings (SSSR count). The van der Waals surface area contributed by atoms with Crippen LogP contribution in [-0.2, 0) is 14.3 Å². The van der Waals surface area contributed by atoms with E-state index in [0.29, 0.717) is 4.90 Å². The van der Waals surface area contributed by atoms with E-state index in [1.165, 1.54) is 29.1 Å². The van der Waals surface area contributed by atoms with Crippen LogP contribution in [0.15, 0.2) is 24.5 Å². The first-order valence-corrected chi connectivity index (χ1v) is 7.86. The molecule has 1 aromatic heterocycles. The highest BCUT2D eigenvalue weighted by Crippen LogP contribution is 2.31. The summed E-state index contributed by atoms with van der Waals surface area (Å²) >= 11 is 0. The maximum atomic E-state index is 12.1. The Morgan fingerprint density at radius 2 is 2.08 bits per heavy atom. The van der Waals surface area contributed by atoms with Crippen LogP contribution in [0.5, 0.6) is 0 Å². The van der Waals surface area contributed by atoms with Crippen LogP contribution in [0.25, 0.3) is 0 Å². The lowest BCUT2D eigenvalue weighted by Gasteiger charge is -2.37. The molecule has 2 saturated heterocycles. The Morgan fingerprint density at radius 1 is 1.35 bits per heavy atom. The number of aliphatic carboxylic acids is 1. The lowest BCUT2D eigenvalue weighted by molar-refractivity contribution is -0.777. The molecule has 2 aliphatic heterocycles. The highest BCUT2D eigenvalue weighted by atomic mass is 16.6. The Labute approximate surface area is 152 Å². The molecule has 4 N–H and O–H groups in total. The first-order chi connectivity index (χ1) is 13.4. The van der Waals surface area contributed by atoms with Gasteiger partial charge in [-0.2, -0.15) is 4.57 Å². The van der Waals surface area contributed by atoms with Gasteiger partial charge in [-0.05, 0) is 6.07 Å². The van der Waals surface area contributed by atoms with Crippen LogP contribution in [0, 0.1) is 0 Å². The average molecular weight is 371 g/mol. The van der Waals surface area contributed by atoms with Crippen LogP contribution in [-0.4, -0.2) is 74.7 Å². The molecule has 142 valence electrons. The molecule has 2 aliphatic rings. The molecular weight excluding hydrogens is 348 g/mol. The largest absolute Gasteiger partial charge is 0.547 e. The number of aliphatic hydroxyl groups excluding tert-OH is 4. The van der Waals surface area contributed by atoms with Crippen molar-refractivity contribution < 1.29 is 48.5 Å². The van der Waals surface area contributed by atoms with Crippen molar-refractivity contribution in [2.24, 2.45) is 0 Å². The van der Waals surface area contributed by atoms with Gasteiger partial charge >= 0.3 is 0 Å². The van der Waals surface area contributed by atoms with Gasteiger partial charge < -0.3 is 40.0 Å². The number of carbonyl (C=O) groups is 2. The standard InChI is InChI=1S/C16H20N2O8/c1-17-8(5-9(19)14(17)23)7-3-2-4-18(6-7)15-12(22)10(20)11(21)13(26-15)16(24)25/h2-4,6,8-13,15,19-22H,5H2,1H3/t8-,9+,10+,11+,12-,13+,15-/m0/s1/i1D3. The Kier molecular flexibility index (Phi) is 3.98. The first kappa shape index (κ1) is 15.0. The number of aliphatic hydroxyl groups is 4. The van der Waals surface area contributed by atoms with E-state index in [0.717, 1.165) is 0 Å². The zero-order valence-electron chi connectivity index (χ0n) is 16.4. The van der Waals surface area contributed by atoms with E-state index < -0.39 is 61.6 Å². The molecule has 10 heteroatoms. The van der Waals surface area contributed by atoms with E-state index in [-0.39, 0.29) is 12.0 Å². The summed E-state index contributed by atoms with van der Waals surface area (Å²) in [4.78, 5) is 23.8. The Bertz CT molecular complexity index is 807. The molecule has 0 radical (unpaired) electrons. The van der Waals surface area contributed by atoms with Crippen LogP contribution in [0.1, 0.15) is 28.4 Å². The number of likely N-dealkylation sites (N-methyl/N-ethyl adjacent to an activating group) is 1. The molecule has 10 nitrogen and oxygen atoms in total. The van der Waals surface area contributed by atoms with Gasteiger partial charge in [0, 0.05) is 29.1 Å². The van der Waals surface area contributed by atoms with Crippen molar-refractivity contribution in [3.05, 3.63) is 30.1 Å². The minimum Gasteiger partial charge on any atom is -0.547 e. The monoisotopic (exact) mass is 371 g/mol. The molecule has 3 heterocycles. The fourth-order valence-electron chi connectivity index (χ4n) is 3.19. The van der Waals surface area contributed by atoms with E-state index in [1.54, 1.807) is 0 Å². The number of carboxylic acids is 1. The van der Waals surface area contributed by atoms with Crippen molar-refractivity contribution in [2.75, 3.05) is 6.98 Å². The van der Waals surface area contributed by atoms with E-state index in [2.05, 4.69) is 0 Å². The Hall–Kier alpha value is -2.11. The zero-order valence-corrected chi connectivity index (χ0v) is 13.4. The van der Waals surface area contributed by atoms with E-state index in [4.69, 9.17) is 8.85 Å². The molecule has 0 spiro atoms. The number of hydrogen-bond acceptors (Lipinski definition) is 8. The third kappa shape index (κ3) is 3.06. The second kappa shape index (κ2) is 6.89. The van der Waals surface area contributed by atoms with Gasteiger partial charge in [0.1, 0.15) is 24.4 Å². The quantitative estimate of drug-likeness (QED) is 0.392. The smallest absolute Gasteiger partial charge is 0.292 e. The van der Waals surface area contributed by atoms with E-state index in [9.17, 15) is 35.1 Å². The molecule has 7 atom stereocenters. The number of aromatic nitrogens is 1. The number of carbonyl (C=O) groups excluding carboxylic acids is 2. The van der Waals surface area contributed by atoms with Gasteiger partial charge in [-0.3, -0.25) is 4.79 Å². The summed E-state index contributed by atoms with van der Waals surface area (Å²) in [5.74, 6) is -2.74. The molecule has 0 aliphatic carbocycles. The fourth-order valence-corrected chi connectivity index (χ4v) is 3.19. The Morgan fingerprint density at radius 3 is 2.73 bits per heavy atom. The van der Waals surface area contributed by atoms with E-state index >= 15 is 0 Å². The van der Waals surface area contributed by atoms with Gasteiger partial charge in [-0.1, -0.05) is 0 Å². The van der Waals surface area contributed by atoms with Crippen molar-refractivity contribution in [1.29, 1.82) is 0 Å². The average Bonchev–Trinajstić information content (AvgIpc) is 2.95. The summed E-state index contributed by atoms with van der Waals surface area (Å²) in [6, 6.07) is 1.91. The van der Waals surface area contributed by atoms with Gasteiger partial charge in [0.15, 0.2) is 18.5 Å². The zero-order chi connectivity index (χ0) is 21.7. The highest BCUT2D eigenvalue weighted by Gasteiger charge is 2.49. The van der Waals surface area contributed by atoms with Crippen LogP contribution < -0.4 is 9.67 Å². The lowest BCUT2D eigenvalue weighted by atomic mass is 9.97. The number of nitrogens with zero attached hydrogens (tertiary/aromatic N) is 2. The van der Waals surface area contributed by atoms with Crippen LogP contribution in [0.3, 0.4) is 0 Å². The van der Waals surface area contributed by atoms with Crippen LogP contribution in [0.2, 0.25) is 0 Å². The van der Waals surface area contributed by atoms with Gasteiger partial charge in [0.05, 0.1) is 12.0 Å². The minimum absolute atomic E-state index is 0.182. The molecular formula is C16H20N2O8. The lowest BCUT2D eigenvalue weighted by Crippen LogP contribution is -2.65.